The van der Waals surface area contributed by atoms with E-state index in [2.05, 4.69) is 20.5 Å². The zero-order valence-electron chi connectivity index (χ0n) is 8.77. The van der Waals surface area contributed by atoms with Gasteiger partial charge >= 0.3 is 0 Å². The molecule has 0 saturated carbocycles. The van der Waals surface area contributed by atoms with Crippen molar-refractivity contribution in [3.8, 4) is 0 Å². The minimum absolute atomic E-state index is 0.230. The summed E-state index contributed by atoms with van der Waals surface area (Å²) in [6.07, 6.45) is 1.33. The van der Waals surface area contributed by atoms with E-state index < -0.39 is 0 Å². The smallest absolute Gasteiger partial charge is 0.259 e. The summed E-state index contributed by atoms with van der Waals surface area (Å²) in [5.74, 6) is -0.159. The van der Waals surface area contributed by atoms with Crippen LogP contribution in [0.5, 0.6) is 0 Å². The number of halogens is 1. The van der Waals surface area contributed by atoms with Gasteiger partial charge in [0, 0.05) is 6.20 Å². The number of carbonyl (C=O) groups is 1. The average molecular weight is 270 g/mol. The fraction of sp³-hybridized carbons (Fsp3) is 0.111. The Balaban J connectivity index is 2.22. The molecular weight excluding hydrogens is 262 g/mol. The van der Waals surface area contributed by atoms with Crippen LogP contribution in [-0.4, -0.2) is 21.1 Å². The Morgan fingerprint density at radius 3 is 2.94 bits per heavy atom. The number of aromatic nitrogens is 3. The first-order valence-electron chi connectivity index (χ1n) is 4.59. The first-order chi connectivity index (χ1) is 8.06. The molecule has 0 atom stereocenters. The van der Waals surface area contributed by atoms with Gasteiger partial charge in [-0.25, -0.2) is 4.98 Å². The summed E-state index contributed by atoms with van der Waals surface area (Å²) in [5, 5.41) is 11.6. The number of nitrogens with zero attached hydrogens (tertiary/aromatic N) is 3. The first-order valence-corrected chi connectivity index (χ1v) is 5.78. The second kappa shape index (κ2) is 4.64. The number of anilines is 2. The molecule has 1 amide bonds. The van der Waals surface area contributed by atoms with E-state index in [0.717, 1.165) is 5.01 Å². The molecule has 2 heterocycles. The van der Waals surface area contributed by atoms with Gasteiger partial charge in [0.15, 0.2) is 0 Å². The van der Waals surface area contributed by atoms with Crippen molar-refractivity contribution >= 4 is 39.8 Å². The summed E-state index contributed by atoms with van der Waals surface area (Å²) in [7, 11) is 0. The number of carbonyl (C=O) groups excluding carboxylic acids is 1. The number of rotatable bonds is 2. The number of hydrogen-bond acceptors (Lipinski definition) is 6. The lowest BCUT2D eigenvalue weighted by Gasteiger charge is -2.03. The van der Waals surface area contributed by atoms with Gasteiger partial charge in [-0.05, 0) is 13.0 Å². The molecule has 6 nitrogen and oxygen atoms in total. The van der Waals surface area contributed by atoms with Crippen LogP contribution < -0.4 is 11.1 Å². The molecule has 0 radical (unpaired) electrons. The molecule has 0 bridgehead atoms. The first kappa shape index (κ1) is 11.7. The molecule has 17 heavy (non-hydrogen) atoms. The Morgan fingerprint density at radius 2 is 2.29 bits per heavy atom. The van der Waals surface area contributed by atoms with Crippen LogP contribution >= 0.6 is 22.9 Å². The molecule has 2 aromatic rings. The number of nitrogens with one attached hydrogen (secondary N) is 1. The lowest BCUT2D eigenvalue weighted by Crippen LogP contribution is -2.13. The number of nitrogens with two attached hydrogens (primary N) is 1. The Labute approximate surface area is 106 Å². The van der Waals surface area contributed by atoms with Crippen molar-refractivity contribution in [2.75, 3.05) is 11.1 Å². The maximum absolute atomic E-state index is 11.9. The highest BCUT2D eigenvalue weighted by Crippen LogP contribution is 2.20. The van der Waals surface area contributed by atoms with Crippen LogP contribution in [0.25, 0.3) is 0 Å². The normalized spacial score (nSPS) is 10.2. The summed E-state index contributed by atoms with van der Waals surface area (Å²) in [4.78, 5) is 15.6. The monoisotopic (exact) mass is 269 g/mol. The predicted molar refractivity (Wildman–Crippen MR) is 66.3 cm³/mol. The number of hydrogen-bond donors (Lipinski definition) is 2. The molecule has 0 aliphatic heterocycles. The molecule has 0 fully saturated rings. The van der Waals surface area contributed by atoms with Gasteiger partial charge in [-0.3, -0.25) is 10.1 Å². The Hall–Kier alpha value is -1.73. The van der Waals surface area contributed by atoms with E-state index in [1.54, 1.807) is 6.92 Å². The number of pyridine rings is 1. The van der Waals surface area contributed by atoms with Crippen LogP contribution in [0, 0.1) is 6.92 Å². The van der Waals surface area contributed by atoms with Crippen molar-refractivity contribution < 1.29 is 4.79 Å². The third-order valence-electron chi connectivity index (χ3n) is 1.87. The van der Waals surface area contributed by atoms with Crippen molar-refractivity contribution in [3.63, 3.8) is 0 Å². The van der Waals surface area contributed by atoms with Gasteiger partial charge in [-0.2, -0.15) is 0 Å². The maximum atomic E-state index is 11.9. The van der Waals surface area contributed by atoms with Gasteiger partial charge in [0.25, 0.3) is 5.91 Å². The van der Waals surface area contributed by atoms with Crippen molar-refractivity contribution in [3.05, 3.63) is 27.9 Å². The van der Waals surface area contributed by atoms with Gasteiger partial charge in [0.1, 0.15) is 10.8 Å². The molecule has 0 aliphatic carbocycles. The maximum Gasteiger partial charge on any atom is 0.259 e. The van der Waals surface area contributed by atoms with E-state index in [4.69, 9.17) is 17.3 Å². The van der Waals surface area contributed by atoms with Crippen molar-refractivity contribution in [2.45, 2.75) is 6.92 Å². The van der Waals surface area contributed by atoms with E-state index in [9.17, 15) is 4.79 Å². The van der Waals surface area contributed by atoms with Gasteiger partial charge in [-0.1, -0.05) is 22.9 Å². The Bertz CT molecular complexity index is 570. The van der Waals surface area contributed by atoms with Crippen molar-refractivity contribution in [2.24, 2.45) is 0 Å². The zero-order chi connectivity index (χ0) is 12.4. The molecular formula is C9H8ClN5OS. The lowest BCUT2D eigenvalue weighted by atomic mass is 10.2. The summed E-state index contributed by atoms with van der Waals surface area (Å²) in [5.41, 5.74) is 5.74. The SMILES string of the molecule is Cc1nnc(NC(=O)c2cc(N)ncc2Cl)s1. The molecule has 2 rings (SSSR count). The molecule has 3 N–H and O–H groups in total. The standard InChI is InChI=1S/C9H8ClN5OS/c1-4-14-15-9(17-4)13-8(16)5-2-7(11)12-3-6(5)10/h2-3H,1H3,(H2,11,12)(H,13,15,16). The minimum Gasteiger partial charge on any atom is -0.384 e. The molecule has 88 valence electrons. The summed E-state index contributed by atoms with van der Waals surface area (Å²) in [6.45, 7) is 1.80. The van der Waals surface area contributed by atoms with E-state index in [1.807, 2.05) is 0 Å². The van der Waals surface area contributed by atoms with Crippen LogP contribution in [0.4, 0.5) is 10.9 Å². The third kappa shape index (κ3) is 2.69. The molecule has 0 unspecified atom stereocenters. The molecule has 0 spiro atoms. The lowest BCUT2D eigenvalue weighted by molar-refractivity contribution is 0.102. The minimum atomic E-state index is -0.389. The van der Waals surface area contributed by atoms with Gasteiger partial charge in [-0.15, -0.1) is 10.2 Å². The fourth-order valence-electron chi connectivity index (χ4n) is 1.14. The second-order valence-electron chi connectivity index (χ2n) is 3.17. The topological polar surface area (TPSA) is 93.8 Å². The van der Waals surface area contributed by atoms with Crippen molar-refractivity contribution in [1.29, 1.82) is 0 Å². The summed E-state index contributed by atoms with van der Waals surface area (Å²) < 4.78 is 0. The zero-order valence-corrected chi connectivity index (χ0v) is 10.3. The summed E-state index contributed by atoms with van der Waals surface area (Å²) >= 11 is 7.13. The highest BCUT2D eigenvalue weighted by Gasteiger charge is 2.13. The average Bonchev–Trinajstić information content (AvgIpc) is 2.67. The fourth-order valence-corrected chi connectivity index (χ4v) is 1.92. The Kier molecular flexibility index (Phi) is 3.21. The molecule has 0 aromatic carbocycles. The second-order valence-corrected chi connectivity index (χ2v) is 4.76. The van der Waals surface area contributed by atoms with Gasteiger partial charge in [0.2, 0.25) is 5.13 Å². The van der Waals surface area contributed by atoms with E-state index >= 15 is 0 Å². The number of amides is 1. The molecule has 8 heteroatoms. The van der Waals surface area contributed by atoms with Crippen LogP contribution in [0.3, 0.4) is 0 Å². The molecule has 2 aromatic heterocycles. The number of nitrogen functional groups attached to an aromatic ring is 1. The van der Waals surface area contributed by atoms with Crippen LogP contribution in [0.2, 0.25) is 5.02 Å². The highest BCUT2D eigenvalue weighted by molar-refractivity contribution is 7.15. The van der Waals surface area contributed by atoms with Crippen LogP contribution in [-0.2, 0) is 0 Å². The van der Waals surface area contributed by atoms with Crippen LogP contribution in [0.1, 0.15) is 15.4 Å². The van der Waals surface area contributed by atoms with E-state index in [-0.39, 0.29) is 22.3 Å². The van der Waals surface area contributed by atoms with Gasteiger partial charge in [0.05, 0.1) is 10.6 Å². The number of aryl methyl sites for hydroxylation is 1. The largest absolute Gasteiger partial charge is 0.384 e. The molecule has 0 saturated heterocycles. The van der Waals surface area contributed by atoms with E-state index in [1.165, 1.54) is 23.6 Å². The molecule has 0 aliphatic rings. The van der Waals surface area contributed by atoms with Gasteiger partial charge < -0.3 is 5.73 Å². The third-order valence-corrected chi connectivity index (χ3v) is 2.92. The highest BCUT2D eigenvalue weighted by atomic mass is 35.5. The summed E-state index contributed by atoms with van der Waals surface area (Å²) in [6, 6.07) is 1.41. The Morgan fingerprint density at radius 1 is 1.53 bits per heavy atom. The van der Waals surface area contributed by atoms with Crippen LogP contribution in [0.15, 0.2) is 12.3 Å². The predicted octanol–water partition coefficient (Wildman–Crippen LogP) is 1.73. The van der Waals surface area contributed by atoms with E-state index in [0.29, 0.717) is 5.13 Å². The quantitative estimate of drug-likeness (QED) is 0.866. The van der Waals surface area contributed by atoms with Crippen molar-refractivity contribution in [1.82, 2.24) is 15.2 Å².